The Bertz CT molecular complexity index is 1260. The van der Waals surface area contributed by atoms with Crippen molar-refractivity contribution >= 4 is 32.9 Å². The molecule has 4 aliphatic heterocycles. The summed E-state index contributed by atoms with van der Waals surface area (Å²) in [4.78, 5) is 32.5. The van der Waals surface area contributed by atoms with Gasteiger partial charge in [-0.05, 0) is 42.5 Å². The first kappa shape index (κ1) is 20.1. The summed E-state index contributed by atoms with van der Waals surface area (Å²) in [5.41, 5.74) is 0.813. The minimum atomic E-state index is -0.727. The quantitative estimate of drug-likeness (QED) is 0.237. The van der Waals surface area contributed by atoms with Gasteiger partial charge < -0.3 is 9.15 Å². The number of halogens is 1. The molecular formula is C23H22BrN4O4+. The lowest BCUT2D eigenvalue weighted by atomic mass is 10.1. The van der Waals surface area contributed by atoms with E-state index in [-0.39, 0.29) is 5.56 Å². The standard InChI is InChI=1S/C23H22BrN4O4/c24-18-2-1-3-19(8-18)31-22(29)20-7-17-6-16(4-5-21(17)32-23(20)30)9-28-13-25-10-26(14-28)12-27(11-25)15-28/h1-8H,9-15H2/q+1. The third-order valence-electron chi connectivity index (χ3n) is 6.24. The minimum absolute atomic E-state index is 0.109. The number of esters is 1. The van der Waals surface area contributed by atoms with Gasteiger partial charge >= 0.3 is 11.6 Å². The maximum Gasteiger partial charge on any atom is 0.351 e. The van der Waals surface area contributed by atoms with Crippen LogP contribution in [-0.2, 0) is 6.54 Å². The van der Waals surface area contributed by atoms with Gasteiger partial charge in [0.15, 0.2) is 0 Å². The van der Waals surface area contributed by atoms with E-state index in [0.717, 1.165) is 66.5 Å². The van der Waals surface area contributed by atoms with Gasteiger partial charge in [0.1, 0.15) is 43.4 Å². The summed E-state index contributed by atoms with van der Waals surface area (Å²) in [6, 6.07) is 14.4. The largest absolute Gasteiger partial charge is 0.423 e. The second kappa shape index (κ2) is 7.50. The van der Waals surface area contributed by atoms with E-state index in [4.69, 9.17) is 9.15 Å². The third kappa shape index (κ3) is 3.66. The van der Waals surface area contributed by atoms with Gasteiger partial charge in [-0.2, -0.15) is 0 Å². The lowest BCUT2D eigenvalue weighted by Gasteiger charge is -2.60. The van der Waals surface area contributed by atoms with Gasteiger partial charge in [-0.15, -0.1) is 0 Å². The van der Waals surface area contributed by atoms with Crippen LogP contribution in [0.5, 0.6) is 5.75 Å². The van der Waals surface area contributed by atoms with Gasteiger partial charge in [0, 0.05) is 15.4 Å². The molecule has 4 fully saturated rings. The zero-order chi connectivity index (χ0) is 21.9. The van der Waals surface area contributed by atoms with Crippen LogP contribution in [0, 0.1) is 0 Å². The van der Waals surface area contributed by atoms with Crippen LogP contribution in [0.1, 0.15) is 15.9 Å². The number of rotatable bonds is 4. The van der Waals surface area contributed by atoms with Crippen LogP contribution in [-0.4, -0.2) is 65.2 Å². The highest BCUT2D eigenvalue weighted by Gasteiger charge is 2.48. The van der Waals surface area contributed by atoms with Gasteiger partial charge in [0.25, 0.3) is 0 Å². The molecular weight excluding hydrogens is 476 g/mol. The maximum atomic E-state index is 12.7. The number of nitrogens with zero attached hydrogens (tertiary/aromatic N) is 4. The van der Waals surface area contributed by atoms with Gasteiger partial charge in [-0.25, -0.2) is 24.3 Å². The summed E-state index contributed by atoms with van der Waals surface area (Å²) in [5, 5.41) is 0.720. The van der Waals surface area contributed by atoms with Crippen molar-refractivity contribution in [3.05, 3.63) is 74.6 Å². The highest BCUT2D eigenvalue weighted by Crippen LogP contribution is 2.31. The molecule has 3 aromatic rings. The van der Waals surface area contributed by atoms with E-state index >= 15 is 0 Å². The molecule has 32 heavy (non-hydrogen) atoms. The van der Waals surface area contributed by atoms with E-state index in [1.54, 1.807) is 24.3 Å². The third-order valence-corrected chi connectivity index (χ3v) is 6.73. The van der Waals surface area contributed by atoms with Crippen molar-refractivity contribution < 1.29 is 18.4 Å². The van der Waals surface area contributed by atoms with Crippen LogP contribution < -0.4 is 10.4 Å². The van der Waals surface area contributed by atoms with Crippen molar-refractivity contribution in [2.75, 3.05) is 40.0 Å². The van der Waals surface area contributed by atoms with E-state index in [1.807, 2.05) is 24.3 Å². The summed E-state index contributed by atoms with van der Waals surface area (Å²) in [7, 11) is 0. The van der Waals surface area contributed by atoms with Crippen molar-refractivity contribution in [2.45, 2.75) is 6.54 Å². The average molecular weight is 498 g/mol. The number of carbonyl (C=O) groups is 1. The SMILES string of the molecule is O=C(Oc1cccc(Br)c1)c1cc2cc(C[N+]34CN5CN(CN(C5)C3)C4)ccc2oc1=O. The molecule has 0 amide bonds. The topological polar surface area (TPSA) is 66.2 Å². The van der Waals surface area contributed by atoms with Gasteiger partial charge in [0.05, 0.1) is 20.0 Å². The molecule has 2 aromatic carbocycles. The molecule has 8 nitrogen and oxygen atoms in total. The van der Waals surface area contributed by atoms with Crippen LogP contribution in [0.4, 0.5) is 0 Å². The Morgan fingerprint density at radius 3 is 2.41 bits per heavy atom. The normalized spacial score (nSPS) is 28.2. The van der Waals surface area contributed by atoms with Crippen LogP contribution >= 0.6 is 15.9 Å². The molecule has 9 heteroatoms. The molecule has 164 valence electrons. The Hall–Kier alpha value is -2.56. The lowest BCUT2D eigenvalue weighted by molar-refractivity contribution is -0.991. The number of quaternary nitrogens is 1. The number of hydrogen-bond donors (Lipinski definition) is 0. The molecule has 0 unspecified atom stereocenters. The zero-order valence-corrected chi connectivity index (χ0v) is 19.0. The summed E-state index contributed by atoms with van der Waals surface area (Å²) in [5.74, 6) is -0.369. The van der Waals surface area contributed by atoms with Gasteiger partial charge in [-0.3, -0.25) is 4.48 Å². The Morgan fingerprint density at radius 2 is 1.72 bits per heavy atom. The molecule has 0 N–H and O–H groups in total. The summed E-state index contributed by atoms with van der Waals surface area (Å²) in [6.07, 6.45) is 0. The van der Waals surface area contributed by atoms with Crippen LogP contribution in [0.2, 0.25) is 0 Å². The first-order valence-electron chi connectivity index (χ1n) is 10.5. The molecule has 4 bridgehead atoms. The van der Waals surface area contributed by atoms with Crippen molar-refractivity contribution in [1.82, 2.24) is 14.7 Å². The van der Waals surface area contributed by atoms with E-state index in [2.05, 4.69) is 30.6 Å². The van der Waals surface area contributed by atoms with Crippen molar-refractivity contribution in [3.63, 3.8) is 0 Å². The van der Waals surface area contributed by atoms with Crippen LogP contribution in [0.25, 0.3) is 11.0 Å². The Labute approximate surface area is 192 Å². The van der Waals surface area contributed by atoms with E-state index in [1.165, 1.54) is 0 Å². The Balaban J connectivity index is 1.29. The molecule has 1 aromatic heterocycles. The fourth-order valence-electron chi connectivity index (χ4n) is 5.30. The predicted molar refractivity (Wildman–Crippen MR) is 120 cm³/mol. The molecule has 0 saturated carbocycles. The van der Waals surface area contributed by atoms with Gasteiger partial charge in [-0.1, -0.05) is 22.0 Å². The van der Waals surface area contributed by atoms with Crippen LogP contribution in [0.15, 0.2) is 62.2 Å². The molecule has 7 rings (SSSR count). The number of benzene rings is 2. The van der Waals surface area contributed by atoms with E-state index in [9.17, 15) is 9.59 Å². The number of ether oxygens (including phenoxy) is 1. The van der Waals surface area contributed by atoms with E-state index < -0.39 is 11.6 Å². The first-order valence-corrected chi connectivity index (χ1v) is 11.3. The van der Waals surface area contributed by atoms with Crippen molar-refractivity contribution in [3.8, 4) is 5.75 Å². The van der Waals surface area contributed by atoms with Crippen molar-refractivity contribution in [1.29, 1.82) is 0 Å². The number of carbonyl (C=O) groups excluding carboxylic acids is 1. The smallest absolute Gasteiger partial charge is 0.351 e. The Morgan fingerprint density at radius 1 is 1.00 bits per heavy atom. The van der Waals surface area contributed by atoms with Crippen LogP contribution in [0.3, 0.4) is 0 Å². The molecule has 0 aliphatic carbocycles. The summed E-state index contributed by atoms with van der Waals surface area (Å²) in [6.45, 7) is 7.14. The van der Waals surface area contributed by atoms with E-state index in [0.29, 0.717) is 11.3 Å². The number of fused-ring (bicyclic) bond motifs is 1. The molecule has 5 heterocycles. The fourth-order valence-corrected chi connectivity index (χ4v) is 5.68. The minimum Gasteiger partial charge on any atom is -0.423 e. The molecule has 0 spiro atoms. The van der Waals surface area contributed by atoms with Crippen molar-refractivity contribution in [2.24, 2.45) is 0 Å². The first-order chi connectivity index (χ1) is 15.4. The summed E-state index contributed by atoms with van der Waals surface area (Å²) < 4.78 is 12.6. The predicted octanol–water partition coefficient (Wildman–Crippen LogP) is 2.78. The maximum absolute atomic E-state index is 12.7. The number of hydrogen-bond acceptors (Lipinski definition) is 7. The highest BCUT2D eigenvalue weighted by atomic mass is 79.9. The molecule has 4 saturated heterocycles. The second-order valence-electron chi connectivity index (χ2n) is 9.03. The average Bonchev–Trinajstić information content (AvgIpc) is 2.72. The van der Waals surface area contributed by atoms with Gasteiger partial charge in [0.2, 0.25) is 0 Å². The monoisotopic (exact) mass is 497 g/mol. The molecule has 4 aliphatic rings. The zero-order valence-electron chi connectivity index (χ0n) is 17.4. The fraction of sp³-hybridized carbons (Fsp3) is 0.304. The highest BCUT2D eigenvalue weighted by molar-refractivity contribution is 9.10. The molecule has 0 atom stereocenters. The molecule has 0 radical (unpaired) electrons. The lowest BCUT2D eigenvalue weighted by Crippen LogP contribution is -2.78. The second-order valence-corrected chi connectivity index (χ2v) is 9.94. The Kier molecular flexibility index (Phi) is 4.70. The summed E-state index contributed by atoms with van der Waals surface area (Å²) >= 11 is 3.35.